The number of nitrogens with zero attached hydrogens (tertiary/aromatic N) is 3. The molecule has 0 saturated carbocycles. The third kappa shape index (κ3) is 3.79. The van der Waals surface area contributed by atoms with E-state index in [1.807, 2.05) is 30.3 Å². The van der Waals surface area contributed by atoms with Crippen molar-refractivity contribution in [1.29, 1.82) is 0 Å². The average molecular weight is 434 g/mol. The summed E-state index contributed by atoms with van der Waals surface area (Å²) in [7, 11) is -1.11. The van der Waals surface area contributed by atoms with Gasteiger partial charge in [-0.2, -0.15) is 0 Å². The summed E-state index contributed by atoms with van der Waals surface area (Å²) in [5.74, 6) is 0. The highest BCUT2D eigenvalue weighted by molar-refractivity contribution is 7.84. The molecule has 6 nitrogen and oxygen atoms in total. The third-order valence-corrected chi connectivity index (χ3v) is 6.78. The number of hydrogen-bond donors (Lipinski definition) is 0. The lowest BCUT2D eigenvalue weighted by Crippen LogP contribution is -2.29. The van der Waals surface area contributed by atoms with Crippen LogP contribution in [0.2, 0.25) is 0 Å². The van der Waals surface area contributed by atoms with Crippen molar-refractivity contribution in [2.75, 3.05) is 19.5 Å². The summed E-state index contributed by atoms with van der Waals surface area (Å²) < 4.78 is 18.9. The van der Waals surface area contributed by atoms with E-state index in [4.69, 9.17) is 9.72 Å². The molecule has 3 heterocycles. The van der Waals surface area contributed by atoms with Crippen LogP contribution in [-0.2, 0) is 22.0 Å². The molecule has 1 atom stereocenters. The summed E-state index contributed by atoms with van der Waals surface area (Å²) in [6, 6.07) is 13.9. The zero-order valence-electron chi connectivity index (χ0n) is 17.3. The first-order valence-corrected chi connectivity index (χ1v) is 11.9. The van der Waals surface area contributed by atoms with Crippen LogP contribution in [0.15, 0.2) is 64.8 Å². The Morgan fingerprint density at radius 3 is 2.55 bits per heavy atom. The van der Waals surface area contributed by atoms with E-state index in [-0.39, 0.29) is 11.6 Å². The Hall–Kier alpha value is -2.90. The molecule has 0 spiro atoms. The highest BCUT2D eigenvalue weighted by atomic mass is 32.2. The van der Waals surface area contributed by atoms with E-state index in [9.17, 15) is 9.00 Å². The van der Waals surface area contributed by atoms with Gasteiger partial charge in [0.25, 0.3) is 5.56 Å². The zero-order chi connectivity index (χ0) is 21.4. The molecule has 1 saturated heterocycles. The monoisotopic (exact) mass is 433 g/mol. The van der Waals surface area contributed by atoms with Crippen LogP contribution in [0.3, 0.4) is 0 Å². The lowest BCUT2D eigenvalue weighted by atomic mass is 9.96. The van der Waals surface area contributed by atoms with E-state index >= 15 is 0 Å². The summed E-state index contributed by atoms with van der Waals surface area (Å²) >= 11 is 0. The van der Waals surface area contributed by atoms with E-state index in [1.165, 1.54) is 0 Å². The van der Waals surface area contributed by atoms with Crippen molar-refractivity contribution >= 4 is 32.5 Å². The SMILES string of the molecule is CS(=O)c1ccc(Cc2cc3c(=O)n(C4CCOCC4)cnc3c3ccccc23)cn1. The molecule has 2 aromatic heterocycles. The van der Waals surface area contributed by atoms with E-state index in [0.29, 0.717) is 30.0 Å². The molecule has 5 rings (SSSR count). The van der Waals surface area contributed by atoms with Crippen LogP contribution in [0.4, 0.5) is 0 Å². The summed E-state index contributed by atoms with van der Waals surface area (Å²) in [5.41, 5.74) is 2.80. The second kappa shape index (κ2) is 8.32. The molecule has 158 valence electrons. The van der Waals surface area contributed by atoms with Crippen molar-refractivity contribution in [3.8, 4) is 0 Å². The molecular weight excluding hydrogens is 410 g/mol. The van der Waals surface area contributed by atoms with Crippen molar-refractivity contribution in [1.82, 2.24) is 14.5 Å². The molecule has 1 aliphatic rings. The van der Waals surface area contributed by atoms with Gasteiger partial charge in [-0.15, -0.1) is 0 Å². The molecule has 1 fully saturated rings. The van der Waals surface area contributed by atoms with Crippen LogP contribution < -0.4 is 5.56 Å². The fourth-order valence-electron chi connectivity index (χ4n) is 4.32. The molecule has 1 unspecified atom stereocenters. The van der Waals surface area contributed by atoms with Crippen LogP contribution in [0.1, 0.15) is 30.0 Å². The minimum atomic E-state index is -1.11. The van der Waals surface area contributed by atoms with E-state index in [1.54, 1.807) is 29.4 Å². The fourth-order valence-corrected chi connectivity index (χ4v) is 4.78. The summed E-state index contributed by atoms with van der Waals surface area (Å²) in [6.45, 7) is 1.34. The Morgan fingerprint density at radius 1 is 1.06 bits per heavy atom. The number of benzene rings is 2. The molecule has 1 aliphatic heterocycles. The Bertz CT molecular complexity index is 1340. The molecule has 4 aromatic rings. The molecule has 7 heteroatoms. The first-order chi connectivity index (χ1) is 15.1. The van der Waals surface area contributed by atoms with Crippen molar-refractivity contribution < 1.29 is 8.95 Å². The van der Waals surface area contributed by atoms with Gasteiger partial charge in [0.1, 0.15) is 5.03 Å². The molecule has 0 N–H and O–H groups in total. The van der Waals surface area contributed by atoms with Gasteiger partial charge in [-0.1, -0.05) is 30.3 Å². The smallest absolute Gasteiger partial charge is 0.261 e. The van der Waals surface area contributed by atoms with Gasteiger partial charge in [-0.3, -0.25) is 13.6 Å². The Labute approximate surface area is 182 Å². The molecule has 0 aliphatic carbocycles. The highest BCUT2D eigenvalue weighted by Crippen LogP contribution is 2.28. The second-order valence-electron chi connectivity index (χ2n) is 7.91. The van der Waals surface area contributed by atoms with Crippen LogP contribution in [0.25, 0.3) is 21.7 Å². The van der Waals surface area contributed by atoms with E-state index < -0.39 is 10.8 Å². The van der Waals surface area contributed by atoms with E-state index in [2.05, 4.69) is 11.1 Å². The number of ether oxygens (including phenoxy) is 1. The summed E-state index contributed by atoms with van der Waals surface area (Å²) in [5, 5.41) is 3.26. The van der Waals surface area contributed by atoms with Gasteiger partial charge in [0.15, 0.2) is 0 Å². The maximum atomic E-state index is 13.4. The predicted molar refractivity (Wildman–Crippen MR) is 122 cm³/mol. The lowest BCUT2D eigenvalue weighted by molar-refractivity contribution is 0.0685. The largest absolute Gasteiger partial charge is 0.381 e. The minimum Gasteiger partial charge on any atom is -0.381 e. The quantitative estimate of drug-likeness (QED) is 0.460. The van der Waals surface area contributed by atoms with Crippen LogP contribution in [0.5, 0.6) is 0 Å². The molecule has 31 heavy (non-hydrogen) atoms. The van der Waals surface area contributed by atoms with Gasteiger partial charge in [-0.05, 0) is 47.9 Å². The molecular formula is C24H23N3O3S. The van der Waals surface area contributed by atoms with Gasteiger partial charge in [0.05, 0.1) is 28.0 Å². The minimum absolute atomic E-state index is 0.00115. The van der Waals surface area contributed by atoms with Crippen molar-refractivity contribution in [3.63, 3.8) is 0 Å². The number of fused-ring (bicyclic) bond motifs is 3. The molecule has 2 aromatic carbocycles. The normalized spacial score (nSPS) is 16.0. The number of aromatic nitrogens is 3. The van der Waals surface area contributed by atoms with Crippen LogP contribution in [0, 0.1) is 0 Å². The molecule has 0 radical (unpaired) electrons. The molecule has 0 bridgehead atoms. The van der Waals surface area contributed by atoms with Gasteiger partial charge in [0.2, 0.25) is 0 Å². The standard InChI is InChI=1S/C24H23N3O3S/c1-31(29)22-7-6-16(14-25-22)12-17-13-21-23(20-5-3-2-4-19(17)20)26-15-27(24(21)28)18-8-10-30-11-9-18/h2-7,13-15,18H,8-12H2,1H3. The van der Waals surface area contributed by atoms with Gasteiger partial charge in [0, 0.05) is 37.1 Å². The van der Waals surface area contributed by atoms with E-state index in [0.717, 1.165) is 40.3 Å². The number of rotatable bonds is 4. The molecule has 0 amide bonds. The maximum absolute atomic E-state index is 13.4. The number of hydrogen-bond acceptors (Lipinski definition) is 5. The summed E-state index contributed by atoms with van der Waals surface area (Å²) in [6.07, 6.45) is 7.36. The maximum Gasteiger partial charge on any atom is 0.261 e. The summed E-state index contributed by atoms with van der Waals surface area (Å²) in [4.78, 5) is 22.5. The lowest BCUT2D eigenvalue weighted by Gasteiger charge is -2.24. The van der Waals surface area contributed by atoms with Gasteiger partial charge in [-0.25, -0.2) is 9.97 Å². The first-order valence-electron chi connectivity index (χ1n) is 10.4. The average Bonchev–Trinajstić information content (AvgIpc) is 2.81. The van der Waals surface area contributed by atoms with Crippen LogP contribution in [-0.4, -0.2) is 38.2 Å². The van der Waals surface area contributed by atoms with Crippen LogP contribution >= 0.6 is 0 Å². The zero-order valence-corrected chi connectivity index (χ0v) is 18.1. The highest BCUT2D eigenvalue weighted by Gasteiger charge is 2.19. The van der Waals surface area contributed by atoms with Gasteiger partial charge >= 0.3 is 0 Å². The second-order valence-corrected chi connectivity index (χ2v) is 9.24. The Kier molecular flexibility index (Phi) is 5.38. The topological polar surface area (TPSA) is 74.1 Å². The first kappa shape index (κ1) is 20.0. The number of pyridine rings is 1. The van der Waals surface area contributed by atoms with Crippen molar-refractivity contribution in [2.45, 2.75) is 30.3 Å². The predicted octanol–water partition coefficient (Wildman–Crippen LogP) is 3.62. The third-order valence-electron chi connectivity index (χ3n) is 5.95. The Morgan fingerprint density at radius 2 is 1.84 bits per heavy atom. The van der Waals surface area contributed by atoms with Crippen molar-refractivity contribution in [2.24, 2.45) is 0 Å². The van der Waals surface area contributed by atoms with Crippen molar-refractivity contribution in [3.05, 3.63) is 76.5 Å². The fraction of sp³-hybridized carbons (Fsp3) is 0.292. The van der Waals surface area contributed by atoms with Gasteiger partial charge < -0.3 is 4.74 Å². The Balaban J connectivity index is 1.65.